The van der Waals surface area contributed by atoms with E-state index in [1.54, 1.807) is 0 Å². The van der Waals surface area contributed by atoms with Crippen LogP contribution in [-0.2, 0) is 22.7 Å². The van der Waals surface area contributed by atoms with Gasteiger partial charge in [-0.25, -0.2) is 4.68 Å². The first-order valence-electron chi connectivity index (χ1n) is 10.1. The molecule has 0 saturated heterocycles. The lowest BCUT2D eigenvalue weighted by Gasteiger charge is -2.12. The first-order chi connectivity index (χ1) is 15.3. The molecule has 1 N–H and O–H groups in total. The first kappa shape index (κ1) is 19.5. The van der Waals surface area contributed by atoms with Crippen LogP contribution in [-0.4, -0.2) is 15.7 Å². The molecule has 5 nitrogen and oxygen atoms in total. The molecular formula is C25H21N3O2S. The van der Waals surface area contributed by atoms with Crippen LogP contribution in [0.4, 0.5) is 5.82 Å². The van der Waals surface area contributed by atoms with Crippen molar-refractivity contribution in [2.24, 2.45) is 0 Å². The van der Waals surface area contributed by atoms with Gasteiger partial charge in [-0.2, -0.15) is 16.9 Å². The average Bonchev–Trinajstić information content (AvgIpc) is 3.38. The number of thioether (sulfide) groups is 1. The summed E-state index contributed by atoms with van der Waals surface area (Å²) in [7, 11) is 0. The number of amides is 1. The van der Waals surface area contributed by atoms with Crippen LogP contribution in [0, 0.1) is 0 Å². The molecular weight excluding hydrogens is 406 g/mol. The highest BCUT2D eigenvalue weighted by Gasteiger charge is 2.24. The van der Waals surface area contributed by atoms with Crippen molar-refractivity contribution in [3.05, 3.63) is 102 Å². The molecule has 1 amide bonds. The summed E-state index contributed by atoms with van der Waals surface area (Å²) in [6, 6.07) is 27.2. The Kier molecular flexibility index (Phi) is 5.46. The fourth-order valence-corrected chi connectivity index (χ4v) is 4.60. The number of hydrogen-bond donors (Lipinski definition) is 1. The van der Waals surface area contributed by atoms with E-state index >= 15 is 0 Å². The van der Waals surface area contributed by atoms with Crippen molar-refractivity contribution in [3.63, 3.8) is 0 Å². The zero-order valence-corrected chi connectivity index (χ0v) is 17.6. The molecule has 2 heterocycles. The molecule has 1 aromatic heterocycles. The van der Waals surface area contributed by atoms with Crippen LogP contribution in [0.2, 0.25) is 0 Å². The Hall–Kier alpha value is -3.51. The molecule has 3 aromatic carbocycles. The van der Waals surface area contributed by atoms with Crippen LogP contribution >= 0.6 is 11.8 Å². The Labute approximate surface area is 185 Å². The minimum Gasteiger partial charge on any atom is -0.457 e. The summed E-state index contributed by atoms with van der Waals surface area (Å²) < 4.78 is 7.72. The third-order valence-corrected chi connectivity index (χ3v) is 6.05. The molecule has 6 heteroatoms. The normalized spacial score (nSPS) is 12.4. The van der Waals surface area contributed by atoms with E-state index in [1.165, 1.54) is 0 Å². The summed E-state index contributed by atoms with van der Waals surface area (Å²) in [4.78, 5) is 12.7. The van der Waals surface area contributed by atoms with Gasteiger partial charge < -0.3 is 10.1 Å². The molecule has 0 atom stereocenters. The number of para-hydroxylation sites is 1. The number of fused-ring (bicyclic) bond motifs is 1. The lowest BCUT2D eigenvalue weighted by molar-refractivity contribution is -0.115. The molecule has 0 spiro atoms. The molecule has 1 aliphatic heterocycles. The van der Waals surface area contributed by atoms with Gasteiger partial charge >= 0.3 is 0 Å². The summed E-state index contributed by atoms with van der Waals surface area (Å²) in [5.41, 5.74) is 4.01. The number of anilines is 1. The molecule has 154 valence electrons. The number of rotatable bonds is 6. The van der Waals surface area contributed by atoms with Gasteiger partial charge in [0, 0.05) is 17.1 Å². The van der Waals surface area contributed by atoms with Crippen LogP contribution in [0.5, 0.6) is 11.5 Å². The number of aromatic nitrogens is 2. The van der Waals surface area contributed by atoms with Crippen molar-refractivity contribution in [2.75, 3.05) is 5.32 Å². The highest BCUT2D eigenvalue weighted by Crippen LogP contribution is 2.36. The zero-order valence-electron chi connectivity index (χ0n) is 16.8. The summed E-state index contributed by atoms with van der Waals surface area (Å²) in [5.74, 6) is 3.97. The van der Waals surface area contributed by atoms with Gasteiger partial charge in [-0.15, -0.1) is 0 Å². The van der Waals surface area contributed by atoms with Gasteiger partial charge in [0.1, 0.15) is 17.3 Å². The van der Waals surface area contributed by atoms with Gasteiger partial charge in [0.15, 0.2) is 0 Å². The molecule has 1 aliphatic rings. The highest BCUT2D eigenvalue weighted by atomic mass is 32.2. The minimum absolute atomic E-state index is 0.0453. The number of hydrogen-bond acceptors (Lipinski definition) is 4. The van der Waals surface area contributed by atoms with E-state index in [9.17, 15) is 4.79 Å². The Morgan fingerprint density at radius 2 is 1.58 bits per heavy atom. The predicted molar refractivity (Wildman–Crippen MR) is 124 cm³/mol. The fraction of sp³-hybridized carbons (Fsp3) is 0.120. The van der Waals surface area contributed by atoms with Crippen LogP contribution in [0.25, 0.3) is 5.69 Å². The predicted octanol–water partition coefficient (Wildman–Crippen LogP) is 5.59. The van der Waals surface area contributed by atoms with Crippen molar-refractivity contribution in [1.29, 1.82) is 0 Å². The standard InChI is InChI=1S/C25H21N3O2S/c29-24(15-18-7-3-1-4-8-18)26-25-22-16-31-17-23(22)27-28(25)19-11-13-21(14-12-19)30-20-9-5-2-6-10-20/h1-14H,15-17H2,(H,26,29). The molecule has 0 bridgehead atoms. The largest absolute Gasteiger partial charge is 0.457 e. The van der Waals surface area contributed by atoms with Crippen LogP contribution in [0.1, 0.15) is 16.8 Å². The van der Waals surface area contributed by atoms with E-state index in [0.717, 1.165) is 51.3 Å². The Morgan fingerprint density at radius 1 is 0.903 bits per heavy atom. The molecule has 4 aromatic rings. The number of nitrogens with one attached hydrogen (secondary N) is 1. The summed E-state index contributed by atoms with van der Waals surface area (Å²) >= 11 is 1.82. The van der Waals surface area contributed by atoms with Crippen molar-refractivity contribution < 1.29 is 9.53 Å². The van der Waals surface area contributed by atoms with Gasteiger partial charge in [-0.05, 0) is 42.0 Å². The summed E-state index contributed by atoms with van der Waals surface area (Å²) in [6.45, 7) is 0. The van der Waals surface area contributed by atoms with Crippen molar-refractivity contribution in [1.82, 2.24) is 9.78 Å². The maximum atomic E-state index is 12.7. The van der Waals surface area contributed by atoms with E-state index in [0.29, 0.717) is 6.42 Å². The molecule has 0 radical (unpaired) electrons. The van der Waals surface area contributed by atoms with Crippen LogP contribution < -0.4 is 10.1 Å². The zero-order chi connectivity index (χ0) is 21.0. The monoisotopic (exact) mass is 427 g/mol. The third-order valence-electron chi connectivity index (χ3n) is 5.08. The number of ether oxygens (including phenoxy) is 1. The van der Waals surface area contributed by atoms with Crippen LogP contribution in [0.15, 0.2) is 84.9 Å². The molecule has 0 fully saturated rings. The minimum atomic E-state index is -0.0453. The number of carbonyl (C=O) groups is 1. The SMILES string of the molecule is O=C(Cc1ccccc1)Nc1c2c(nn1-c1ccc(Oc3ccccc3)cc1)CSC2. The van der Waals surface area contributed by atoms with E-state index in [-0.39, 0.29) is 5.91 Å². The van der Waals surface area contributed by atoms with Crippen molar-refractivity contribution >= 4 is 23.5 Å². The average molecular weight is 428 g/mol. The van der Waals surface area contributed by atoms with Gasteiger partial charge in [-0.1, -0.05) is 48.5 Å². The molecule has 5 rings (SSSR count). The molecule has 0 saturated carbocycles. The van der Waals surface area contributed by atoms with Gasteiger partial charge in [0.2, 0.25) is 5.91 Å². The number of nitrogens with zero attached hydrogens (tertiary/aromatic N) is 2. The molecule has 31 heavy (non-hydrogen) atoms. The summed E-state index contributed by atoms with van der Waals surface area (Å²) in [6.07, 6.45) is 0.331. The van der Waals surface area contributed by atoms with E-state index in [2.05, 4.69) is 5.32 Å². The first-order valence-corrected chi connectivity index (χ1v) is 11.3. The lowest BCUT2D eigenvalue weighted by Crippen LogP contribution is -2.18. The van der Waals surface area contributed by atoms with Gasteiger partial charge in [-0.3, -0.25) is 4.79 Å². The second-order valence-electron chi connectivity index (χ2n) is 7.30. The number of benzene rings is 3. The quantitative estimate of drug-likeness (QED) is 0.436. The Morgan fingerprint density at radius 3 is 2.32 bits per heavy atom. The van der Waals surface area contributed by atoms with E-state index in [4.69, 9.17) is 9.84 Å². The molecule has 0 aliphatic carbocycles. The van der Waals surface area contributed by atoms with Crippen molar-refractivity contribution in [2.45, 2.75) is 17.9 Å². The smallest absolute Gasteiger partial charge is 0.229 e. The topological polar surface area (TPSA) is 56.2 Å². The van der Waals surface area contributed by atoms with Gasteiger partial charge in [0.05, 0.1) is 17.8 Å². The van der Waals surface area contributed by atoms with Crippen molar-refractivity contribution in [3.8, 4) is 17.2 Å². The lowest BCUT2D eigenvalue weighted by atomic mass is 10.1. The maximum absolute atomic E-state index is 12.7. The second-order valence-corrected chi connectivity index (χ2v) is 8.28. The maximum Gasteiger partial charge on any atom is 0.229 e. The Bertz CT molecular complexity index is 1190. The Balaban J connectivity index is 1.38. The number of carbonyl (C=O) groups excluding carboxylic acids is 1. The fourth-order valence-electron chi connectivity index (χ4n) is 3.57. The van der Waals surface area contributed by atoms with E-state index in [1.807, 2.05) is 101 Å². The third kappa shape index (κ3) is 4.34. The highest BCUT2D eigenvalue weighted by molar-refractivity contribution is 7.98. The van der Waals surface area contributed by atoms with Gasteiger partial charge in [0.25, 0.3) is 0 Å². The van der Waals surface area contributed by atoms with Crippen LogP contribution in [0.3, 0.4) is 0 Å². The van der Waals surface area contributed by atoms with E-state index < -0.39 is 0 Å². The molecule has 0 unspecified atom stereocenters. The second kappa shape index (κ2) is 8.70. The summed E-state index contributed by atoms with van der Waals surface area (Å²) in [5, 5.41) is 7.88.